The summed E-state index contributed by atoms with van der Waals surface area (Å²) in [6.07, 6.45) is 83.4. The summed E-state index contributed by atoms with van der Waals surface area (Å²) in [5.41, 5.74) is 0. The lowest BCUT2D eigenvalue weighted by atomic mass is 10.0. The summed E-state index contributed by atoms with van der Waals surface area (Å²) in [6.45, 7) is 4.91. The van der Waals surface area contributed by atoms with Gasteiger partial charge in [0, 0.05) is 12.8 Å². The molecule has 0 rings (SSSR count). The lowest BCUT2D eigenvalue weighted by molar-refractivity contribution is -0.143. The van der Waals surface area contributed by atoms with Crippen LogP contribution < -0.4 is 5.32 Å². The van der Waals surface area contributed by atoms with Crippen molar-refractivity contribution in [2.45, 2.75) is 386 Å². The van der Waals surface area contributed by atoms with Crippen LogP contribution in [0.5, 0.6) is 0 Å². The van der Waals surface area contributed by atoms with Gasteiger partial charge in [-0.1, -0.05) is 333 Å². The van der Waals surface area contributed by atoms with E-state index in [9.17, 15) is 19.8 Å². The summed E-state index contributed by atoms with van der Waals surface area (Å²) in [6, 6.07) is -0.631. The van der Waals surface area contributed by atoms with Crippen LogP contribution in [0, 0.1) is 0 Å². The molecule has 0 aromatic heterocycles. The molecule has 0 saturated carbocycles. The van der Waals surface area contributed by atoms with Gasteiger partial charge in [0.25, 0.3) is 0 Å². The van der Waals surface area contributed by atoms with E-state index in [2.05, 4.69) is 43.5 Å². The number of amides is 1. The normalized spacial score (nSPS) is 12.7. The number of hydrogen-bond donors (Lipinski definition) is 3. The molecule has 2 atom stereocenters. The van der Waals surface area contributed by atoms with Crippen LogP contribution >= 0.6 is 0 Å². The van der Waals surface area contributed by atoms with Gasteiger partial charge in [-0.2, -0.15) is 0 Å². The standard InChI is InChI=1S/C70H133NO5/c1-3-5-7-9-11-13-15-17-19-21-22-23-24-25-28-31-34-38-42-46-50-54-58-62-68(73)67(66-72)71-69(74)63-59-55-51-47-43-39-35-32-29-26-27-30-33-37-41-45-49-53-57-61-65-76-70(75)64-60-56-52-48-44-40-36-20-18-16-14-12-10-8-6-4-2/h14,16,20,36,58,62,67-68,72-73H,3-13,15,17-19,21-35,37-57,59-61,63-66H2,1-2H3,(H,71,74)/b16-14-,36-20-,62-58+. The molecule has 0 radical (unpaired) electrons. The van der Waals surface area contributed by atoms with Crippen LogP contribution in [-0.4, -0.2) is 47.4 Å². The van der Waals surface area contributed by atoms with Crippen molar-refractivity contribution < 1.29 is 24.5 Å². The van der Waals surface area contributed by atoms with Crippen molar-refractivity contribution in [1.29, 1.82) is 0 Å². The van der Waals surface area contributed by atoms with Crippen molar-refractivity contribution in [2.75, 3.05) is 13.2 Å². The van der Waals surface area contributed by atoms with Gasteiger partial charge in [0.15, 0.2) is 0 Å². The Morgan fingerprint density at radius 2 is 0.658 bits per heavy atom. The molecule has 448 valence electrons. The molecule has 0 aromatic rings. The quantitative estimate of drug-likeness (QED) is 0.0320. The van der Waals surface area contributed by atoms with E-state index >= 15 is 0 Å². The fourth-order valence-electron chi connectivity index (χ4n) is 10.7. The highest BCUT2D eigenvalue weighted by Gasteiger charge is 2.18. The maximum atomic E-state index is 12.5. The minimum atomic E-state index is -0.848. The van der Waals surface area contributed by atoms with Gasteiger partial charge in [0.05, 0.1) is 25.4 Å². The Morgan fingerprint density at radius 1 is 0.368 bits per heavy atom. The van der Waals surface area contributed by atoms with Crippen LogP contribution in [0.4, 0.5) is 0 Å². The Morgan fingerprint density at radius 3 is 1.01 bits per heavy atom. The summed E-state index contributed by atoms with van der Waals surface area (Å²) >= 11 is 0. The van der Waals surface area contributed by atoms with Crippen molar-refractivity contribution in [3.63, 3.8) is 0 Å². The molecular weight excluding hydrogens is 935 g/mol. The van der Waals surface area contributed by atoms with E-state index in [1.807, 2.05) is 6.08 Å². The van der Waals surface area contributed by atoms with Crippen molar-refractivity contribution in [3.05, 3.63) is 36.5 Å². The molecule has 6 nitrogen and oxygen atoms in total. The van der Waals surface area contributed by atoms with Gasteiger partial charge in [-0.25, -0.2) is 0 Å². The van der Waals surface area contributed by atoms with E-state index in [0.29, 0.717) is 19.4 Å². The van der Waals surface area contributed by atoms with Gasteiger partial charge in [-0.3, -0.25) is 9.59 Å². The molecular formula is C70H133NO5. The smallest absolute Gasteiger partial charge is 0.305 e. The van der Waals surface area contributed by atoms with Gasteiger partial charge in [0.2, 0.25) is 5.91 Å². The molecule has 0 aliphatic carbocycles. The number of aliphatic hydroxyl groups excluding tert-OH is 2. The molecule has 0 spiro atoms. The lowest BCUT2D eigenvalue weighted by Gasteiger charge is -2.20. The van der Waals surface area contributed by atoms with Crippen LogP contribution in [-0.2, 0) is 14.3 Å². The number of rotatable bonds is 64. The predicted molar refractivity (Wildman–Crippen MR) is 333 cm³/mol. The molecule has 3 N–H and O–H groups in total. The minimum absolute atomic E-state index is 0.00295. The summed E-state index contributed by atoms with van der Waals surface area (Å²) in [5, 5.41) is 23.3. The third-order valence-corrected chi connectivity index (χ3v) is 15.9. The van der Waals surface area contributed by atoms with Crippen LogP contribution in [0.2, 0.25) is 0 Å². The Balaban J connectivity index is 3.43. The summed E-state index contributed by atoms with van der Waals surface area (Å²) in [4.78, 5) is 24.6. The number of carbonyl (C=O) groups excluding carboxylic acids is 2. The number of nitrogens with one attached hydrogen (secondary N) is 1. The topological polar surface area (TPSA) is 95.9 Å². The molecule has 0 fully saturated rings. The number of carbonyl (C=O) groups is 2. The Labute approximate surface area is 474 Å². The zero-order chi connectivity index (χ0) is 55.0. The zero-order valence-corrected chi connectivity index (χ0v) is 51.3. The maximum Gasteiger partial charge on any atom is 0.305 e. The first-order valence-electron chi connectivity index (χ1n) is 34.3. The fraction of sp³-hybridized carbons (Fsp3) is 0.886. The van der Waals surface area contributed by atoms with Crippen molar-refractivity contribution in [3.8, 4) is 0 Å². The van der Waals surface area contributed by atoms with E-state index in [1.54, 1.807) is 6.08 Å². The minimum Gasteiger partial charge on any atom is -0.466 e. The third-order valence-electron chi connectivity index (χ3n) is 15.9. The van der Waals surface area contributed by atoms with Gasteiger partial charge in [-0.05, 0) is 64.2 Å². The second-order valence-corrected chi connectivity index (χ2v) is 23.5. The number of aliphatic hydroxyl groups is 2. The maximum absolute atomic E-state index is 12.5. The molecule has 2 unspecified atom stereocenters. The highest BCUT2D eigenvalue weighted by atomic mass is 16.5. The highest BCUT2D eigenvalue weighted by molar-refractivity contribution is 5.76. The number of ether oxygens (including phenoxy) is 1. The molecule has 0 bridgehead atoms. The van der Waals surface area contributed by atoms with Crippen molar-refractivity contribution in [1.82, 2.24) is 5.32 Å². The molecule has 0 heterocycles. The number of unbranched alkanes of at least 4 members (excludes halogenated alkanes) is 49. The first-order valence-corrected chi connectivity index (χ1v) is 34.3. The molecule has 0 aliphatic heterocycles. The van der Waals surface area contributed by atoms with E-state index in [4.69, 9.17) is 4.74 Å². The zero-order valence-electron chi connectivity index (χ0n) is 51.3. The Kier molecular flexibility index (Phi) is 63.9. The van der Waals surface area contributed by atoms with Gasteiger partial charge >= 0.3 is 5.97 Å². The summed E-state index contributed by atoms with van der Waals surface area (Å²) in [5.74, 6) is -0.0695. The highest BCUT2D eigenvalue weighted by Crippen LogP contribution is 2.18. The van der Waals surface area contributed by atoms with Crippen LogP contribution in [0.15, 0.2) is 36.5 Å². The molecule has 6 heteroatoms. The lowest BCUT2D eigenvalue weighted by Crippen LogP contribution is -2.45. The first kappa shape index (κ1) is 74.1. The van der Waals surface area contributed by atoms with Crippen LogP contribution in [0.3, 0.4) is 0 Å². The summed E-state index contributed by atoms with van der Waals surface area (Å²) < 4.78 is 5.49. The largest absolute Gasteiger partial charge is 0.466 e. The van der Waals surface area contributed by atoms with E-state index in [-0.39, 0.29) is 18.5 Å². The average molecular weight is 1070 g/mol. The second-order valence-electron chi connectivity index (χ2n) is 23.5. The monoisotopic (exact) mass is 1070 g/mol. The molecule has 0 saturated heterocycles. The molecule has 1 amide bonds. The van der Waals surface area contributed by atoms with E-state index in [1.165, 1.54) is 295 Å². The SMILES string of the molecule is CCCCCC/C=C\C/C=C\CCCCCCCC(=O)OCCCCCCCCCCCCCCCCCCCCCCC(=O)NC(CO)C(O)/C=C/CCCCCCCCCCCCCCCCCCCCCCC. The van der Waals surface area contributed by atoms with Gasteiger partial charge in [-0.15, -0.1) is 0 Å². The molecule has 76 heavy (non-hydrogen) atoms. The Hall–Kier alpha value is -1.92. The van der Waals surface area contributed by atoms with Crippen LogP contribution in [0.25, 0.3) is 0 Å². The van der Waals surface area contributed by atoms with Crippen LogP contribution in [0.1, 0.15) is 373 Å². The predicted octanol–water partition coefficient (Wildman–Crippen LogP) is 21.9. The summed E-state index contributed by atoms with van der Waals surface area (Å²) in [7, 11) is 0. The third kappa shape index (κ3) is 61.3. The van der Waals surface area contributed by atoms with E-state index in [0.717, 1.165) is 51.4 Å². The molecule has 0 aliphatic rings. The number of hydrogen-bond acceptors (Lipinski definition) is 5. The molecule has 0 aromatic carbocycles. The Bertz CT molecular complexity index is 1230. The van der Waals surface area contributed by atoms with Gasteiger partial charge < -0.3 is 20.3 Å². The first-order chi connectivity index (χ1) is 37.5. The second kappa shape index (κ2) is 65.6. The average Bonchev–Trinajstić information content (AvgIpc) is 3.42. The van der Waals surface area contributed by atoms with Crippen molar-refractivity contribution in [2.24, 2.45) is 0 Å². The van der Waals surface area contributed by atoms with Gasteiger partial charge in [0.1, 0.15) is 0 Å². The fourth-order valence-corrected chi connectivity index (χ4v) is 10.7. The van der Waals surface area contributed by atoms with E-state index < -0.39 is 12.1 Å². The number of allylic oxidation sites excluding steroid dienone is 5. The van der Waals surface area contributed by atoms with Crippen molar-refractivity contribution >= 4 is 11.9 Å². The number of esters is 1.